The first-order valence-corrected chi connectivity index (χ1v) is 6.72. The number of hydrogen-bond acceptors (Lipinski definition) is 3. The number of aromatic hydroxyl groups is 1. The summed E-state index contributed by atoms with van der Waals surface area (Å²) in [7, 11) is 0. The Morgan fingerprint density at radius 1 is 1.37 bits per heavy atom. The first kappa shape index (κ1) is 12.2. The first-order valence-electron chi connectivity index (χ1n) is 6.72. The fourth-order valence-electron chi connectivity index (χ4n) is 2.90. The lowest BCUT2D eigenvalue weighted by Crippen LogP contribution is -3.16. The van der Waals surface area contributed by atoms with Crippen LogP contribution in [0.3, 0.4) is 0 Å². The van der Waals surface area contributed by atoms with Gasteiger partial charge in [-0.2, -0.15) is 5.10 Å². The van der Waals surface area contributed by atoms with E-state index >= 15 is 0 Å². The molecule has 3 heterocycles. The summed E-state index contributed by atoms with van der Waals surface area (Å²) in [6.07, 6.45) is 2.35. The van der Waals surface area contributed by atoms with E-state index in [2.05, 4.69) is 10.5 Å². The number of phenols is 1. The van der Waals surface area contributed by atoms with Crippen LogP contribution in [0.5, 0.6) is 5.75 Å². The maximum atomic E-state index is 11.9. The molecule has 4 rings (SSSR count). The SMILES string of the molecule is O=C(N/N=C1\C[NH+]2CCC1CC2)c1cccc(O)c1. The molecule has 19 heavy (non-hydrogen) atoms. The summed E-state index contributed by atoms with van der Waals surface area (Å²) in [5.74, 6) is 0.365. The van der Waals surface area contributed by atoms with Crippen molar-refractivity contribution in [1.29, 1.82) is 0 Å². The molecule has 0 atom stereocenters. The van der Waals surface area contributed by atoms with Crippen LogP contribution in [0, 0.1) is 5.92 Å². The lowest BCUT2D eigenvalue weighted by atomic mass is 9.87. The van der Waals surface area contributed by atoms with Gasteiger partial charge < -0.3 is 10.0 Å². The number of amides is 1. The van der Waals surface area contributed by atoms with Crippen LogP contribution in [0.15, 0.2) is 29.4 Å². The van der Waals surface area contributed by atoms with Crippen molar-refractivity contribution in [3.05, 3.63) is 29.8 Å². The van der Waals surface area contributed by atoms with Gasteiger partial charge in [0.1, 0.15) is 12.3 Å². The van der Waals surface area contributed by atoms with Crippen molar-refractivity contribution in [2.45, 2.75) is 12.8 Å². The molecule has 0 radical (unpaired) electrons. The van der Waals surface area contributed by atoms with E-state index < -0.39 is 0 Å². The Bertz CT molecular complexity index is 519. The first-order chi connectivity index (χ1) is 9.22. The molecule has 1 aromatic carbocycles. The zero-order chi connectivity index (χ0) is 13.2. The molecule has 3 N–H and O–H groups in total. The fraction of sp³-hybridized carbons (Fsp3) is 0.429. The van der Waals surface area contributed by atoms with Gasteiger partial charge in [-0.3, -0.25) is 4.79 Å². The number of fused-ring (bicyclic) bond motifs is 3. The van der Waals surface area contributed by atoms with E-state index in [1.54, 1.807) is 23.1 Å². The highest BCUT2D eigenvalue weighted by Gasteiger charge is 2.34. The summed E-state index contributed by atoms with van der Waals surface area (Å²) < 4.78 is 0. The molecule has 3 aliphatic heterocycles. The Hall–Kier alpha value is -1.88. The van der Waals surface area contributed by atoms with Crippen LogP contribution in [0.1, 0.15) is 23.2 Å². The lowest BCUT2D eigenvalue weighted by molar-refractivity contribution is -0.902. The van der Waals surface area contributed by atoms with Crippen LogP contribution in [-0.4, -0.2) is 36.4 Å². The van der Waals surface area contributed by atoms with Crippen LogP contribution in [0.4, 0.5) is 0 Å². The summed E-state index contributed by atoms with van der Waals surface area (Å²) in [6, 6.07) is 6.30. The number of hydrogen-bond donors (Lipinski definition) is 3. The van der Waals surface area contributed by atoms with Crippen molar-refractivity contribution in [1.82, 2.24) is 5.43 Å². The van der Waals surface area contributed by atoms with Gasteiger partial charge in [-0.1, -0.05) is 6.07 Å². The molecular formula is C14H18N3O2+. The molecule has 0 aromatic heterocycles. The summed E-state index contributed by atoms with van der Waals surface area (Å²) in [5, 5.41) is 13.6. The number of rotatable bonds is 2. The molecule has 5 heteroatoms. The van der Waals surface area contributed by atoms with Gasteiger partial charge in [0.15, 0.2) is 0 Å². The fourth-order valence-corrected chi connectivity index (χ4v) is 2.90. The Kier molecular flexibility index (Phi) is 3.21. The summed E-state index contributed by atoms with van der Waals surface area (Å²) in [5.41, 5.74) is 4.15. The maximum Gasteiger partial charge on any atom is 0.271 e. The highest BCUT2D eigenvalue weighted by molar-refractivity contribution is 5.96. The van der Waals surface area contributed by atoms with Crippen molar-refractivity contribution in [2.75, 3.05) is 19.6 Å². The Morgan fingerprint density at radius 3 is 2.79 bits per heavy atom. The van der Waals surface area contributed by atoms with Gasteiger partial charge in [0.2, 0.25) is 0 Å². The number of quaternary nitrogens is 1. The molecular weight excluding hydrogens is 242 g/mol. The number of carbonyl (C=O) groups excluding carboxylic acids is 1. The van der Waals surface area contributed by atoms with Crippen LogP contribution in [-0.2, 0) is 0 Å². The number of benzene rings is 1. The van der Waals surface area contributed by atoms with Crippen LogP contribution in [0.2, 0.25) is 0 Å². The number of piperidine rings is 3. The minimum atomic E-state index is -0.269. The largest absolute Gasteiger partial charge is 0.508 e. The molecule has 3 aliphatic rings. The molecule has 3 fully saturated rings. The molecule has 1 aromatic rings. The van der Waals surface area contributed by atoms with Crippen molar-refractivity contribution in [3.8, 4) is 5.75 Å². The number of carbonyl (C=O) groups is 1. The quantitative estimate of drug-likeness (QED) is 0.644. The smallest absolute Gasteiger partial charge is 0.271 e. The zero-order valence-electron chi connectivity index (χ0n) is 10.7. The van der Waals surface area contributed by atoms with E-state index in [0.717, 1.165) is 12.3 Å². The van der Waals surface area contributed by atoms with Crippen LogP contribution >= 0.6 is 0 Å². The zero-order valence-corrected chi connectivity index (χ0v) is 10.7. The Labute approximate surface area is 111 Å². The topological polar surface area (TPSA) is 66.1 Å². The van der Waals surface area contributed by atoms with Crippen molar-refractivity contribution < 1.29 is 14.8 Å². The van der Waals surface area contributed by atoms with Gasteiger partial charge in [-0.05, 0) is 18.2 Å². The van der Waals surface area contributed by atoms with Gasteiger partial charge in [0, 0.05) is 24.3 Å². The second kappa shape index (κ2) is 5.01. The average Bonchev–Trinajstić information content (AvgIpc) is 2.46. The van der Waals surface area contributed by atoms with Gasteiger partial charge in [-0.25, -0.2) is 5.43 Å². The third-order valence-corrected chi connectivity index (χ3v) is 4.00. The molecule has 0 aliphatic carbocycles. The van der Waals surface area contributed by atoms with E-state index in [1.165, 1.54) is 32.0 Å². The minimum Gasteiger partial charge on any atom is -0.508 e. The summed E-state index contributed by atoms with van der Waals surface area (Å²) in [6.45, 7) is 3.40. The predicted molar refractivity (Wildman–Crippen MR) is 71.3 cm³/mol. The molecule has 0 saturated carbocycles. The monoisotopic (exact) mass is 260 g/mol. The molecule has 3 saturated heterocycles. The summed E-state index contributed by atoms with van der Waals surface area (Å²) in [4.78, 5) is 13.5. The molecule has 0 unspecified atom stereocenters. The number of hydrazone groups is 1. The lowest BCUT2D eigenvalue weighted by Gasteiger charge is -2.36. The second-order valence-corrected chi connectivity index (χ2v) is 5.30. The van der Waals surface area contributed by atoms with Crippen molar-refractivity contribution in [3.63, 3.8) is 0 Å². The Morgan fingerprint density at radius 2 is 2.16 bits per heavy atom. The van der Waals surface area contributed by atoms with E-state index in [4.69, 9.17) is 0 Å². The van der Waals surface area contributed by atoms with E-state index in [-0.39, 0.29) is 11.7 Å². The highest BCUT2D eigenvalue weighted by Crippen LogP contribution is 2.15. The van der Waals surface area contributed by atoms with E-state index in [9.17, 15) is 9.90 Å². The molecule has 0 spiro atoms. The summed E-state index contributed by atoms with van der Waals surface area (Å²) >= 11 is 0. The minimum absolute atomic E-state index is 0.0904. The van der Waals surface area contributed by atoms with Gasteiger partial charge >= 0.3 is 0 Å². The molecule has 100 valence electrons. The normalized spacial score (nSPS) is 27.5. The highest BCUT2D eigenvalue weighted by atomic mass is 16.3. The number of nitrogens with zero attached hydrogens (tertiary/aromatic N) is 1. The van der Waals surface area contributed by atoms with Gasteiger partial charge in [0.25, 0.3) is 5.91 Å². The third-order valence-electron chi connectivity index (χ3n) is 4.00. The molecule has 1 amide bonds. The second-order valence-electron chi connectivity index (χ2n) is 5.30. The van der Waals surface area contributed by atoms with Crippen molar-refractivity contribution in [2.24, 2.45) is 11.0 Å². The standard InChI is InChI=1S/C14H17N3O2/c18-12-3-1-2-11(8-12)14(19)16-15-13-9-17-6-4-10(13)5-7-17/h1-3,8,10,18H,4-7,9H2,(H,16,19)/p+1/b15-13+. The predicted octanol–water partition coefficient (Wildman–Crippen LogP) is -0.213. The van der Waals surface area contributed by atoms with E-state index in [0.29, 0.717) is 11.5 Å². The maximum absolute atomic E-state index is 11.9. The third kappa shape index (κ3) is 2.61. The van der Waals surface area contributed by atoms with Crippen molar-refractivity contribution >= 4 is 11.6 Å². The average molecular weight is 260 g/mol. The van der Waals surface area contributed by atoms with Gasteiger partial charge in [0.05, 0.1) is 18.8 Å². The van der Waals surface area contributed by atoms with Gasteiger partial charge in [-0.15, -0.1) is 0 Å². The molecule has 2 bridgehead atoms. The number of nitrogens with one attached hydrogen (secondary N) is 2. The number of phenolic OH excluding ortho intramolecular Hbond substituents is 1. The van der Waals surface area contributed by atoms with E-state index in [1.807, 2.05) is 0 Å². The van der Waals surface area contributed by atoms with Crippen LogP contribution < -0.4 is 10.3 Å². The van der Waals surface area contributed by atoms with Crippen LogP contribution in [0.25, 0.3) is 0 Å². The Balaban J connectivity index is 1.67. The molecule has 5 nitrogen and oxygen atoms in total.